The highest BCUT2D eigenvalue weighted by Gasteiger charge is 2.50. The highest BCUT2D eigenvalue weighted by Crippen LogP contribution is 2.50. The fraction of sp³-hybridized carbons (Fsp3) is 1.00. The minimum atomic E-state index is 0.363. The van der Waals surface area contributed by atoms with Crippen molar-refractivity contribution >= 4 is 0 Å². The molecule has 0 bridgehead atoms. The summed E-state index contributed by atoms with van der Waals surface area (Å²) in [5, 5.41) is 4.19. The third kappa shape index (κ3) is 7.09. The summed E-state index contributed by atoms with van der Waals surface area (Å²) in [6.07, 6.45) is 27.3. The van der Waals surface area contributed by atoms with Gasteiger partial charge in [-0.15, -0.1) is 0 Å². The minimum absolute atomic E-state index is 0.363. The van der Waals surface area contributed by atoms with Crippen molar-refractivity contribution in [1.29, 1.82) is 0 Å². The van der Waals surface area contributed by atoms with E-state index in [-0.39, 0.29) is 0 Å². The van der Waals surface area contributed by atoms with Crippen LogP contribution in [0.1, 0.15) is 157 Å². The molecule has 0 aromatic heterocycles. The Balaban J connectivity index is 2.08. The Labute approximate surface area is 226 Å². The lowest BCUT2D eigenvalue weighted by atomic mass is 9.62. The SMILES string of the molecule is CCNC1(CC(CC2(N(CC)CC)CCCCC2)C2(N(CC)CC)CCCCCC2)CCCCCC1. The van der Waals surface area contributed by atoms with Gasteiger partial charge in [-0.1, -0.05) is 105 Å². The van der Waals surface area contributed by atoms with Crippen LogP contribution in [0, 0.1) is 5.92 Å². The maximum atomic E-state index is 4.19. The van der Waals surface area contributed by atoms with Crippen LogP contribution < -0.4 is 5.32 Å². The maximum Gasteiger partial charge on any atom is 0.0238 e. The smallest absolute Gasteiger partial charge is 0.0238 e. The van der Waals surface area contributed by atoms with E-state index in [2.05, 4.69) is 49.7 Å². The van der Waals surface area contributed by atoms with Gasteiger partial charge in [0.05, 0.1) is 0 Å². The Bertz CT molecular complexity index is 572. The van der Waals surface area contributed by atoms with E-state index in [9.17, 15) is 0 Å². The van der Waals surface area contributed by atoms with Crippen LogP contribution in [-0.2, 0) is 0 Å². The molecule has 3 rings (SSSR count). The highest BCUT2D eigenvalue weighted by molar-refractivity contribution is 5.07. The van der Waals surface area contributed by atoms with Gasteiger partial charge in [0.1, 0.15) is 0 Å². The number of hydrogen-bond acceptors (Lipinski definition) is 3. The molecule has 0 aromatic rings. The topological polar surface area (TPSA) is 18.5 Å². The molecular weight excluding hydrogens is 438 g/mol. The third-order valence-electron chi connectivity index (χ3n) is 11.2. The maximum absolute atomic E-state index is 4.19. The van der Waals surface area contributed by atoms with E-state index in [4.69, 9.17) is 0 Å². The third-order valence-corrected chi connectivity index (χ3v) is 11.2. The lowest BCUT2D eigenvalue weighted by Gasteiger charge is -2.56. The molecule has 212 valence electrons. The summed E-state index contributed by atoms with van der Waals surface area (Å²) in [4.78, 5) is 5.91. The van der Waals surface area contributed by atoms with Gasteiger partial charge in [-0.25, -0.2) is 0 Å². The molecule has 1 unspecified atom stereocenters. The number of hydrogen-bond donors (Lipinski definition) is 1. The minimum Gasteiger partial charge on any atom is -0.312 e. The predicted octanol–water partition coefficient (Wildman–Crippen LogP) is 8.56. The van der Waals surface area contributed by atoms with Crippen LogP contribution >= 0.6 is 0 Å². The van der Waals surface area contributed by atoms with E-state index in [1.165, 1.54) is 148 Å². The first-order chi connectivity index (χ1) is 17.5. The molecule has 0 aliphatic heterocycles. The summed E-state index contributed by atoms with van der Waals surface area (Å²) in [6, 6.07) is 0. The lowest BCUT2D eigenvalue weighted by molar-refractivity contribution is -0.0419. The molecule has 0 spiro atoms. The number of nitrogens with zero attached hydrogens (tertiary/aromatic N) is 2. The zero-order valence-electron chi connectivity index (χ0n) is 25.4. The van der Waals surface area contributed by atoms with Crippen LogP contribution in [0.3, 0.4) is 0 Å². The summed E-state index contributed by atoms with van der Waals surface area (Å²) in [5.74, 6) is 0.798. The second-order valence-electron chi connectivity index (χ2n) is 13.0. The first-order valence-electron chi connectivity index (χ1n) is 16.8. The normalized spacial score (nSPS) is 25.4. The predicted molar refractivity (Wildman–Crippen MR) is 159 cm³/mol. The largest absolute Gasteiger partial charge is 0.312 e. The van der Waals surface area contributed by atoms with Crippen molar-refractivity contribution in [2.75, 3.05) is 32.7 Å². The van der Waals surface area contributed by atoms with Gasteiger partial charge in [0.2, 0.25) is 0 Å². The number of rotatable bonds is 13. The molecule has 1 atom stereocenters. The van der Waals surface area contributed by atoms with Gasteiger partial charge in [0.25, 0.3) is 0 Å². The standard InChI is InChI=1S/C33H65N3/c1-6-34-31(22-16-11-12-17-23-31)28-30(29-32(35(7-2)8-3)24-18-15-19-25-32)33(36(9-4)10-5)26-20-13-14-21-27-33/h30,34H,6-29H2,1-5H3. The molecule has 3 aliphatic rings. The zero-order valence-corrected chi connectivity index (χ0v) is 25.4. The summed E-state index contributed by atoms with van der Waals surface area (Å²) >= 11 is 0. The molecule has 0 heterocycles. The molecule has 36 heavy (non-hydrogen) atoms. The van der Waals surface area contributed by atoms with Gasteiger partial charge in [-0.05, 0) is 90.0 Å². The Morgan fingerprint density at radius 3 is 1.44 bits per heavy atom. The van der Waals surface area contributed by atoms with Crippen LogP contribution in [0.4, 0.5) is 0 Å². The van der Waals surface area contributed by atoms with Crippen LogP contribution in [0.5, 0.6) is 0 Å². The first kappa shape index (κ1) is 30.4. The van der Waals surface area contributed by atoms with Crippen molar-refractivity contribution in [3.8, 4) is 0 Å². The van der Waals surface area contributed by atoms with Gasteiger partial charge in [-0.3, -0.25) is 9.80 Å². The van der Waals surface area contributed by atoms with E-state index < -0.39 is 0 Å². The summed E-state index contributed by atoms with van der Waals surface area (Å²) < 4.78 is 0. The van der Waals surface area contributed by atoms with E-state index in [1.807, 2.05) is 0 Å². The summed E-state index contributed by atoms with van der Waals surface area (Å²) in [7, 11) is 0. The molecular formula is C33H65N3. The van der Waals surface area contributed by atoms with Crippen molar-refractivity contribution in [2.24, 2.45) is 5.92 Å². The first-order valence-corrected chi connectivity index (χ1v) is 16.8. The molecule has 3 nitrogen and oxygen atoms in total. The van der Waals surface area contributed by atoms with E-state index in [0.717, 1.165) is 12.5 Å². The fourth-order valence-electron chi connectivity index (χ4n) is 9.55. The lowest BCUT2D eigenvalue weighted by Crippen LogP contribution is -2.61. The van der Waals surface area contributed by atoms with Crippen LogP contribution in [0.15, 0.2) is 0 Å². The average Bonchev–Trinajstić information content (AvgIpc) is 3.28. The Morgan fingerprint density at radius 2 is 0.972 bits per heavy atom. The molecule has 0 saturated heterocycles. The molecule has 1 N–H and O–H groups in total. The highest BCUT2D eigenvalue weighted by atomic mass is 15.2. The van der Waals surface area contributed by atoms with Crippen molar-refractivity contribution in [3.05, 3.63) is 0 Å². The molecule has 3 saturated carbocycles. The Morgan fingerprint density at radius 1 is 0.528 bits per heavy atom. The van der Waals surface area contributed by atoms with Gasteiger partial charge in [0, 0.05) is 16.6 Å². The summed E-state index contributed by atoms with van der Waals surface area (Å²) in [6.45, 7) is 18.2. The Kier molecular flexibility index (Phi) is 12.6. The molecule has 0 amide bonds. The quantitative estimate of drug-likeness (QED) is 0.254. The van der Waals surface area contributed by atoms with E-state index >= 15 is 0 Å². The van der Waals surface area contributed by atoms with Crippen LogP contribution in [-0.4, -0.2) is 59.1 Å². The zero-order chi connectivity index (χ0) is 25.9. The average molecular weight is 504 g/mol. The van der Waals surface area contributed by atoms with Gasteiger partial charge in [0.15, 0.2) is 0 Å². The van der Waals surface area contributed by atoms with Crippen molar-refractivity contribution in [2.45, 2.75) is 173 Å². The van der Waals surface area contributed by atoms with Crippen molar-refractivity contribution in [3.63, 3.8) is 0 Å². The van der Waals surface area contributed by atoms with Gasteiger partial charge >= 0.3 is 0 Å². The van der Waals surface area contributed by atoms with E-state index in [1.54, 1.807) is 0 Å². The molecule has 3 heteroatoms. The number of nitrogens with one attached hydrogen (secondary N) is 1. The molecule has 0 radical (unpaired) electrons. The second kappa shape index (κ2) is 14.9. The van der Waals surface area contributed by atoms with Gasteiger partial charge < -0.3 is 5.32 Å². The Hall–Kier alpha value is -0.120. The van der Waals surface area contributed by atoms with E-state index in [0.29, 0.717) is 16.6 Å². The molecule has 0 aromatic carbocycles. The van der Waals surface area contributed by atoms with Gasteiger partial charge in [-0.2, -0.15) is 0 Å². The van der Waals surface area contributed by atoms with Crippen LogP contribution in [0.2, 0.25) is 0 Å². The van der Waals surface area contributed by atoms with Crippen molar-refractivity contribution in [1.82, 2.24) is 15.1 Å². The monoisotopic (exact) mass is 504 g/mol. The summed E-state index contributed by atoms with van der Waals surface area (Å²) in [5.41, 5.74) is 1.19. The molecule has 3 aliphatic carbocycles. The molecule has 3 fully saturated rings. The van der Waals surface area contributed by atoms with Crippen molar-refractivity contribution < 1.29 is 0 Å². The fourth-order valence-corrected chi connectivity index (χ4v) is 9.55. The van der Waals surface area contributed by atoms with Crippen LogP contribution in [0.25, 0.3) is 0 Å². The second-order valence-corrected chi connectivity index (χ2v) is 13.0.